The number of likely N-dealkylation sites (N-methyl/N-ethyl adjacent to an activating group) is 1. The van der Waals surface area contributed by atoms with E-state index in [1.807, 2.05) is 0 Å². The van der Waals surface area contributed by atoms with Gasteiger partial charge >= 0.3 is 5.97 Å². The number of rotatable bonds is 6. The Morgan fingerprint density at radius 2 is 1.59 bits per heavy atom. The number of hydrogen-bond donors (Lipinski definition) is 0. The molecule has 0 saturated heterocycles. The minimum atomic E-state index is -0.580. The van der Waals surface area contributed by atoms with Crippen LogP contribution >= 0.6 is 0 Å². The second-order valence-electron chi connectivity index (χ2n) is 8.45. The minimum absolute atomic E-state index is 0.191. The molecule has 8 nitrogen and oxygen atoms in total. The Morgan fingerprint density at radius 1 is 0.941 bits per heavy atom. The number of ether oxygens (including phenoxy) is 1. The van der Waals surface area contributed by atoms with Crippen LogP contribution in [0.3, 0.4) is 0 Å². The summed E-state index contributed by atoms with van der Waals surface area (Å²) in [6.07, 6.45) is 8.59. The molecule has 1 aliphatic carbocycles. The highest BCUT2D eigenvalue weighted by molar-refractivity contribution is 5.95. The van der Waals surface area contributed by atoms with E-state index in [9.17, 15) is 9.59 Å². The van der Waals surface area contributed by atoms with E-state index in [0.29, 0.717) is 39.5 Å². The number of fused-ring (bicyclic) bond motifs is 1. The van der Waals surface area contributed by atoms with Gasteiger partial charge in [0.1, 0.15) is 11.4 Å². The van der Waals surface area contributed by atoms with Crippen molar-refractivity contribution in [3.8, 4) is 22.9 Å². The molecule has 5 rings (SSSR count). The molecule has 3 heterocycles. The van der Waals surface area contributed by atoms with Crippen molar-refractivity contribution >= 4 is 22.9 Å². The topological polar surface area (TPSA) is 98.7 Å². The molecule has 0 atom stereocenters. The van der Waals surface area contributed by atoms with Crippen LogP contribution in [-0.4, -0.2) is 46.4 Å². The van der Waals surface area contributed by atoms with Gasteiger partial charge in [0.15, 0.2) is 18.1 Å². The number of aromatic nitrogens is 2. The number of furan rings is 2. The summed E-state index contributed by atoms with van der Waals surface area (Å²) in [5.74, 6) is 0.322. The molecular weight excluding hydrogens is 434 g/mol. The molecule has 34 heavy (non-hydrogen) atoms. The smallest absolute Gasteiger partial charge is 0.338 e. The lowest BCUT2D eigenvalue weighted by molar-refractivity contribution is -0.135. The van der Waals surface area contributed by atoms with Gasteiger partial charge in [-0.25, -0.2) is 14.8 Å². The highest BCUT2D eigenvalue weighted by atomic mass is 16.5. The zero-order valence-corrected chi connectivity index (χ0v) is 18.9. The van der Waals surface area contributed by atoms with Crippen LogP contribution in [-0.2, 0) is 9.53 Å². The summed E-state index contributed by atoms with van der Waals surface area (Å²) in [6.45, 7) is -0.287. The largest absolute Gasteiger partial charge is 0.463 e. The molecule has 1 amide bonds. The summed E-state index contributed by atoms with van der Waals surface area (Å²) < 4.78 is 16.4. The van der Waals surface area contributed by atoms with E-state index in [1.54, 1.807) is 66.9 Å². The van der Waals surface area contributed by atoms with Crippen LogP contribution in [0.5, 0.6) is 0 Å². The number of esters is 1. The molecular formula is C26H25N3O5. The quantitative estimate of drug-likeness (QED) is 0.370. The zero-order valence-electron chi connectivity index (χ0n) is 18.9. The SMILES string of the molecule is CN(C(=O)COC(=O)c1ccc2nc(-c3ccco3)c(-c3ccco3)nc2c1)C1CCCCC1. The molecule has 3 aromatic heterocycles. The van der Waals surface area contributed by atoms with E-state index in [-0.39, 0.29) is 18.6 Å². The molecule has 0 radical (unpaired) electrons. The number of nitrogens with zero attached hydrogens (tertiary/aromatic N) is 3. The Balaban J connectivity index is 1.36. The van der Waals surface area contributed by atoms with Crippen LogP contribution in [0.15, 0.2) is 63.8 Å². The van der Waals surface area contributed by atoms with Crippen molar-refractivity contribution in [1.82, 2.24) is 14.9 Å². The second-order valence-corrected chi connectivity index (χ2v) is 8.45. The Bertz CT molecular complexity index is 1290. The van der Waals surface area contributed by atoms with Crippen LogP contribution in [0, 0.1) is 0 Å². The van der Waals surface area contributed by atoms with E-state index >= 15 is 0 Å². The third-order valence-corrected chi connectivity index (χ3v) is 6.25. The van der Waals surface area contributed by atoms with Crippen LogP contribution < -0.4 is 0 Å². The van der Waals surface area contributed by atoms with E-state index in [1.165, 1.54) is 6.42 Å². The number of carbonyl (C=O) groups excluding carboxylic acids is 2. The first-order valence-corrected chi connectivity index (χ1v) is 11.4. The first kappa shape index (κ1) is 21.9. The molecule has 0 aliphatic heterocycles. The molecule has 174 valence electrons. The van der Waals surface area contributed by atoms with Gasteiger partial charge in [-0.3, -0.25) is 4.79 Å². The molecule has 1 aliphatic rings. The van der Waals surface area contributed by atoms with Gasteiger partial charge < -0.3 is 18.5 Å². The van der Waals surface area contributed by atoms with Gasteiger partial charge in [0.2, 0.25) is 0 Å². The maximum absolute atomic E-state index is 12.7. The van der Waals surface area contributed by atoms with Crippen LogP contribution in [0.2, 0.25) is 0 Å². The Labute approximate surface area is 196 Å². The Morgan fingerprint density at radius 3 is 2.21 bits per heavy atom. The highest BCUT2D eigenvalue weighted by Crippen LogP contribution is 2.31. The van der Waals surface area contributed by atoms with Crippen LogP contribution in [0.1, 0.15) is 42.5 Å². The van der Waals surface area contributed by atoms with Crippen molar-refractivity contribution < 1.29 is 23.2 Å². The third kappa shape index (κ3) is 4.44. The Hall–Kier alpha value is -3.94. The first-order valence-electron chi connectivity index (χ1n) is 11.4. The molecule has 1 fully saturated rings. The number of carbonyl (C=O) groups is 2. The number of hydrogen-bond acceptors (Lipinski definition) is 7. The average Bonchev–Trinajstić information content (AvgIpc) is 3.61. The Kier molecular flexibility index (Phi) is 6.12. The van der Waals surface area contributed by atoms with Crippen molar-refractivity contribution in [3.63, 3.8) is 0 Å². The lowest BCUT2D eigenvalue weighted by Crippen LogP contribution is -2.40. The lowest BCUT2D eigenvalue weighted by Gasteiger charge is -2.31. The molecule has 0 bridgehead atoms. The van der Waals surface area contributed by atoms with Gasteiger partial charge in [-0.2, -0.15) is 0 Å². The number of amides is 1. The summed E-state index contributed by atoms with van der Waals surface area (Å²) in [6, 6.07) is 12.3. The number of benzene rings is 1. The van der Waals surface area contributed by atoms with E-state index in [2.05, 4.69) is 0 Å². The predicted octanol–water partition coefficient (Wildman–Crippen LogP) is 5.10. The van der Waals surface area contributed by atoms with Crippen molar-refractivity contribution in [2.45, 2.75) is 38.1 Å². The van der Waals surface area contributed by atoms with Crippen LogP contribution in [0.4, 0.5) is 0 Å². The fraction of sp³-hybridized carbons (Fsp3) is 0.308. The van der Waals surface area contributed by atoms with Gasteiger partial charge in [-0.05, 0) is 55.3 Å². The van der Waals surface area contributed by atoms with E-state index in [4.69, 9.17) is 23.5 Å². The molecule has 1 aromatic carbocycles. The summed E-state index contributed by atoms with van der Waals surface area (Å²) in [7, 11) is 1.78. The molecule has 1 saturated carbocycles. The monoisotopic (exact) mass is 459 g/mol. The van der Waals surface area contributed by atoms with Crippen molar-refractivity contribution in [2.24, 2.45) is 0 Å². The minimum Gasteiger partial charge on any atom is -0.463 e. The first-order chi connectivity index (χ1) is 16.6. The van der Waals surface area contributed by atoms with Crippen molar-refractivity contribution in [2.75, 3.05) is 13.7 Å². The molecule has 4 aromatic rings. The zero-order chi connectivity index (χ0) is 23.5. The molecule has 0 unspecified atom stereocenters. The third-order valence-electron chi connectivity index (χ3n) is 6.25. The predicted molar refractivity (Wildman–Crippen MR) is 125 cm³/mol. The standard InChI is InChI=1S/C26H25N3O5/c1-29(18-7-3-2-4-8-18)23(30)16-34-26(31)17-11-12-19-20(15-17)28-25(22-10-6-14-33-22)24(27-19)21-9-5-13-32-21/h5-6,9-15,18H,2-4,7-8,16H2,1H3. The normalized spacial score (nSPS) is 14.3. The summed E-state index contributed by atoms with van der Waals surface area (Å²) in [5, 5.41) is 0. The lowest BCUT2D eigenvalue weighted by atomic mass is 9.94. The second kappa shape index (κ2) is 9.51. The van der Waals surface area contributed by atoms with E-state index in [0.717, 1.165) is 25.7 Å². The highest BCUT2D eigenvalue weighted by Gasteiger charge is 2.23. The molecule has 8 heteroatoms. The molecule has 0 spiro atoms. The van der Waals surface area contributed by atoms with Gasteiger partial charge in [-0.1, -0.05) is 19.3 Å². The van der Waals surface area contributed by atoms with Crippen molar-refractivity contribution in [1.29, 1.82) is 0 Å². The van der Waals surface area contributed by atoms with Crippen molar-refractivity contribution in [3.05, 3.63) is 60.6 Å². The fourth-order valence-corrected chi connectivity index (χ4v) is 4.34. The van der Waals surface area contributed by atoms with E-state index < -0.39 is 5.97 Å². The van der Waals surface area contributed by atoms with Gasteiger partial charge in [0.25, 0.3) is 5.91 Å². The summed E-state index contributed by atoms with van der Waals surface area (Å²) in [5.41, 5.74) is 2.43. The maximum Gasteiger partial charge on any atom is 0.338 e. The maximum atomic E-state index is 12.7. The summed E-state index contributed by atoms with van der Waals surface area (Å²) >= 11 is 0. The van der Waals surface area contributed by atoms with Crippen LogP contribution in [0.25, 0.3) is 33.9 Å². The molecule has 0 N–H and O–H groups in total. The van der Waals surface area contributed by atoms with Gasteiger partial charge in [-0.15, -0.1) is 0 Å². The van der Waals surface area contributed by atoms with Gasteiger partial charge in [0, 0.05) is 13.1 Å². The summed E-state index contributed by atoms with van der Waals surface area (Å²) in [4.78, 5) is 36.3. The fourth-order valence-electron chi connectivity index (χ4n) is 4.34. The average molecular weight is 460 g/mol. The van der Waals surface area contributed by atoms with Gasteiger partial charge in [0.05, 0.1) is 29.1 Å².